The van der Waals surface area contributed by atoms with E-state index in [4.69, 9.17) is 10.5 Å². The van der Waals surface area contributed by atoms with Crippen LogP contribution < -0.4 is 5.73 Å². The fourth-order valence-electron chi connectivity index (χ4n) is 1.59. The Labute approximate surface area is 82.2 Å². The van der Waals surface area contributed by atoms with Gasteiger partial charge in [-0.25, -0.2) is 0 Å². The first-order valence-corrected chi connectivity index (χ1v) is 5.10. The molecule has 0 aliphatic rings. The van der Waals surface area contributed by atoms with Crippen LogP contribution in [-0.2, 0) is 4.74 Å². The zero-order valence-electron chi connectivity index (χ0n) is 9.42. The van der Waals surface area contributed by atoms with E-state index in [2.05, 4.69) is 25.7 Å². The van der Waals surface area contributed by atoms with Crippen molar-refractivity contribution in [3.63, 3.8) is 0 Å². The molecule has 0 aromatic rings. The van der Waals surface area contributed by atoms with Crippen molar-refractivity contribution < 1.29 is 4.74 Å². The lowest BCUT2D eigenvalue weighted by atomic mass is 10.1. The van der Waals surface area contributed by atoms with Crippen LogP contribution in [0.3, 0.4) is 0 Å². The van der Waals surface area contributed by atoms with Crippen LogP contribution in [0.1, 0.15) is 27.2 Å². The van der Waals surface area contributed by atoms with Crippen LogP contribution in [0.4, 0.5) is 0 Å². The number of likely N-dealkylation sites (N-methyl/N-ethyl adjacent to an activating group) is 1. The van der Waals surface area contributed by atoms with Crippen LogP contribution in [0.25, 0.3) is 0 Å². The second-order valence-corrected chi connectivity index (χ2v) is 3.68. The van der Waals surface area contributed by atoms with Crippen LogP contribution in [-0.4, -0.2) is 43.8 Å². The Hall–Kier alpha value is -0.120. The molecule has 80 valence electrons. The summed E-state index contributed by atoms with van der Waals surface area (Å²) in [7, 11) is 1.74. The molecule has 0 aliphatic carbocycles. The molecule has 0 saturated carbocycles. The van der Waals surface area contributed by atoms with Crippen LogP contribution in [0.15, 0.2) is 0 Å². The Bertz CT molecular complexity index is 117. The van der Waals surface area contributed by atoms with E-state index in [1.807, 2.05) is 0 Å². The predicted octanol–water partition coefficient (Wildman–Crippen LogP) is 1.08. The molecular weight excluding hydrogens is 164 g/mol. The molecule has 0 amide bonds. The summed E-state index contributed by atoms with van der Waals surface area (Å²) in [5, 5.41) is 0. The summed E-state index contributed by atoms with van der Waals surface area (Å²) in [5.74, 6) is 0. The highest BCUT2D eigenvalue weighted by Gasteiger charge is 2.12. The van der Waals surface area contributed by atoms with Crippen LogP contribution >= 0.6 is 0 Å². The van der Waals surface area contributed by atoms with Gasteiger partial charge in [-0.1, -0.05) is 6.92 Å². The van der Waals surface area contributed by atoms with E-state index in [9.17, 15) is 0 Å². The third-order valence-electron chi connectivity index (χ3n) is 2.33. The van der Waals surface area contributed by atoms with Crippen molar-refractivity contribution in [1.82, 2.24) is 4.90 Å². The number of ether oxygens (including phenoxy) is 1. The molecule has 0 saturated heterocycles. The van der Waals surface area contributed by atoms with E-state index in [1.54, 1.807) is 7.11 Å². The van der Waals surface area contributed by atoms with E-state index >= 15 is 0 Å². The molecule has 2 unspecified atom stereocenters. The first kappa shape index (κ1) is 12.9. The van der Waals surface area contributed by atoms with E-state index < -0.39 is 0 Å². The second-order valence-electron chi connectivity index (χ2n) is 3.68. The summed E-state index contributed by atoms with van der Waals surface area (Å²) in [4.78, 5) is 2.40. The van der Waals surface area contributed by atoms with Gasteiger partial charge in [0, 0.05) is 25.7 Å². The maximum atomic E-state index is 5.76. The average molecular weight is 188 g/mol. The lowest BCUT2D eigenvalue weighted by Gasteiger charge is -2.28. The fourth-order valence-corrected chi connectivity index (χ4v) is 1.59. The molecular formula is C10H24N2O. The highest BCUT2D eigenvalue weighted by molar-refractivity contribution is 4.69. The van der Waals surface area contributed by atoms with Crippen molar-refractivity contribution in [3.8, 4) is 0 Å². The van der Waals surface area contributed by atoms with Gasteiger partial charge in [0.1, 0.15) is 0 Å². The molecule has 0 fully saturated rings. The van der Waals surface area contributed by atoms with Crippen LogP contribution in [0.5, 0.6) is 0 Å². The van der Waals surface area contributed by atoms with Crippen LogP contribution in [0, 0.1) is 0 Å². The average Bonchev–Trinajstić information content (AvgIpc) is 2.04. The summed E-state index contributed by atoms with van der Waals surface area (Å²) < 4.78 is 5.06. The molecule has 0 rings (SSSR count). The van der Waals surface area contributed by atoms with E-state index in [-0.39, 0.29) is 6.04 Å². The predicted molar refractivity (Wildman–Crippen MR) is 56.9 cm³/mol. The summed E-state index contributed by atoms with van der Waals surface area (Å²) in [5.41, 5.74) is 5.76. The van der Waals surface area contributed by atoms with Crippen molar-refractivity contribution in [3.05, 3.63) is 0 Å². The molecule has 2 atom stereocenters. The lowest BCUT2D eigenvalue weighted by molar-refractivity contribution is 0.123. The lowest BCUT2D eigenvalue weighted by Crippen LogP contribution is -2.38. The molecule has 0 heterocycles. The smallest absolute Gasteiger partial charge is 0.0589 e. The Morgan fingerprint density at radius 3 is 2.38 bits per heavy atom. The molecule has 13 heavy (non-hydrogen) atoms. The third kappa shape index (κ3) is 6.02. The van der Waals surface area contributed by atoms with Gasteiger partial charge >= 0.3 is 0 Å². The first-order chi connectivity index (χ1) is 6.11. The summed E-state index contributed by atoms with van der Waals surface area (Å²) >= 11 is 0. The molecule has 0 bridgehead atoms. The normalized spacial score (nSPS) is 16.2. The monoisotopic (exact) mass is 188 g/mol. The van der Waals surface area contributed by atoms with Gasteiger partial charge in [0.05, 0.1) is 6.61 Å². The fraction of sp³-hybridized carbons (Fsp3) is 1.00. The Morgan fingerprint density at radius 2 is 2.00 bits per heavy atom. The maximum Gasteiger partial charge on any atom is 0.0589 e. The van der Waals surface area contributed by atoms with Gasteiger partial charge in [-0.3, -0.25) is 4.90 Å². The van der Waals surface area contributed by atoms with Crippen molar-refractivity contribution in [1.29, 1.82) is 0 Å². The molecule has 0 aromatic heterocycles. The number of rotatable bonds is 7. The van der Waals surface area contributed by atoms with Gasteiger partial charge in [-0.15, -0.1) is 0 Å². The molecule has 0 radical (unpaired) electrons. The molecule has 2 N–H and O–H groups in total. The summed E-state index contributed by atoms with van der Waals surface area (Å²) in [6.07, 6.45) is 1.05. The largest absolute Gasteiger partial charge is 0.383 e. The third-order valence-corrected chi connectivity index (χ3v) is 2.33. The summed E-state index contributed by atoms with van der Waals surface area (Å²) in [6.45, 7) is 9.33. The van der Waals surface area contributed by atoms with Gasteiger partial charge in [0.15, 0.2) is 0 Å². The highest BCUT2D eigenvalue weighted by Crippen LogP contribution is 2.04. The molecule has 3 nitrogen and oxygen atoms in total. The number of hydrogen-bond donors (Lipinski definition) is 1. The van der Waals surface area contributed by atoms with Gasteiger partial charge < -0.3 is 10.5 Å². The van der Waals surface area contributed by atoms with E-state index in [1.165, 1.54) is 0 Å². The van der Waals surface area contributed by atoms with Crippen molar-refractivity contribution in [2.75, 3.05) is 26.8 Å². The standard InChI is InChI=1S/C10H24N2O/c1-5-12(6-7-13-4)10(3)8-9(2)11/h9-10H,5-8,11H2,1-4H3. The van der Waals surface area contributed by atoms with Crippen molar-refractivity contribution in [2.45, 2.75) is 39.3 Å². The molecule has 0 aromatic carbocycles. The minimum absolute atomic E-state index is 0.284. The number of methoxy groups -OCH3 is 1. The SMILES string of the molecule is CCN(CCOC)C(C)CC(C)N. The van der Waals surface area contributed by atoms with Crippen molar-refractivity contribution >= 4 is 0 Å². The Kier molecular flexibility index (Phi) is 7.23. The molecule has 3 heteroatoms. The van der Waals surface area contributed by atoms with E-state index in [0.717, 1.165) is 26.1 Å². The highest BCUT2D eigenvalue weighted by atomic mass is 16.5. The first-order valence-electron chi connectivity index (χ1n) is 5.10. The van der Waals surface area contributed by atoms with Gasteiger partial charge in [-0.05, 0) is 26.8 Å². The van der Waals surface area contributed by atoms with E-state index in [0.29, 0.717) is 6.04 Å². The molecule has 0 aliphatic heterocycles. The minimum Gasteiger partial charge on any atom is -0.383 e. The minimum atomic E-state index is 0.284. The van der Waals surface area contributed by atoms with Gasteiger partial charge in [-0.2, -0.15) is 0 Å². The zero-order valence-corrected chi connectivity index (χ0v) is 9.42. The molecule has 0 spiro atoms. The number of nitrogens with two attached hydrogens (primary N) is 1. The van der Waals surface area contributed by atoms with Gasteiger partial charge in [0.2, 0.25) is 0 Å². The topological polar surface area (TPSA) is 38.5 Å². The zero-order chi connectivity index (χ0) is 10.3. The Balaban J connectivity index is 3.77. The van der Waals surface area contributed by atoms with Gasteiger partial charge in [0.25, 0.3) is 0 Å². The quantitative estimate of drug-likeness (QED) is 0.650. The van der Waals surface area contributed by atoms with Crippen LogP contribution in [0.2, 0.25) is 0 Å². The summed E-state index contributed by atoms with van der Waals surface area (Å²) in [6, 6.07) is 0.840. The van der Waals surface area contributed by atoms with Crippen molar-refractivity contribution in [2.24, 2.45) is 5.73 Å². The second kappa shape index (κ2) is 7.30. The number of nitrogens with zero attached hydrogens (tertiary/aromatic N) is 1. The Morgan fingerprint density at radius 1 is 1.38 bits per heavy atom. The number of hydrogen-bond acceptors (Lipinski definition) is 3. The maximum absolute atomic E-state index is 5.76.